The van der Waals surface area contributed by atoms with Crippen molar-refractivity contribution < 1.29 is 4.98 Å². The fourth-order valence-corrected chi connectivity index (χ4v) is 2.21. The largest absolute Gasteiger partial charge is 0.224 e. The van der Waals surface area contributed by atoms with Crippen molar-refractivity contribution in [2.45, 2.75) is 11.8 Å². The van der Waals surface area contributed by atoms with Crippen LogP contribution < -0.4 is 4.98 Å². The van der Waals surface area contributed by atoms with E-state index in [2.05, 4.69) is 36.2 Å². The molecule has 1 aromatic heterocycles. The summed E-state index contributed by atoms with van der Waals surface area (Å²) >= 11 is 1.87. The van der Waals surface area contributed by atoms with Gasteiger partial charge in [0.15, 0.2) is 6.20 Å². The van der Waals surface area contributed by atoms with Crippen molar-refractivity contribution in [2.75, 3.05) is 5.75 Å². The van der Waals surface area contributed by atoms with E-state index in [1.807, 2.05) is 24.0 Å². The lowest BCUT2D eigenvalue weighted by atomic mass is 10.2. The second-order valence-corrected chi connectivity index (χ2v) is 4.13. The van der Waals surface area contributed by atoms with Gasteiger partial charge in [-0.3, -0.25) is 0 Å². The molecule has 0 bridgehead atoms. The summed E-state index contributed by atoms with van der Waals surface area (Å²) in [6.45, 7) is 2.17. The van der Waals surface area contributed by atoms with E-state index in [1.165, 1.54) is 15.8 Å². The molecule has 13 heavy (non-hydrogen) atoms. The Morgan fingerprint density at radius 3 is 2.92 bits per heavy atom. The number of fused-ring (bicyclic) bond motifs is 1. The number of hydrogen-bond acceptors (Lipinski definition) is 1. The summed E-state index contributed by atoms with van der Waals surface area (Å²) in [7, 11) is 0. The first-order valence-corrected chi connectivity index (χ1v) is 5.42. The summed E-state index contributed by atoms with van der Waals surface area (Å²) in [6, 6.07) is 10.6. The van der Waals surface area contributed by atoms with Gasteiger partial charge in [0.05, 0.1) is 4.90 Å². The number of thioether (sulfide) groups is 1. The van der Waals surface area contributed by atoms with Gasteiger partial charge in [0.25, 0.3) is 0 Å². The highest BCUT2D eigenvalue weighted by atomic mass is 32.2. The van der Waals surface area contributed by atoms with Gasteiger partial charge in [0.2, 0.25) is 5.52 Å². The van der Waals surface area contributed by atoms with E-state index < -0.39 is 0 Å². The smallest absolute Gasteiger partial charge is 0.210 e. The van der Waals surface area contributed by atoms with E-state index in [9.17, 15) is 0 Å². The third kappa shape index (κ3) is 1.68. The van der Waals surface area contributed by atoms with E-state index in [0.717, 1.165) is 5.75 Å². The van der Waals surface area contributed by atoms with E-state index in [0.29, 0.717) is 0 Å². The molecule has 0 saturated carbocycles. The molecule has 1 N–H and O–H groups in total. The maximum absolute atomic E-state index is 3.28. The molecule has 1 aromatic carbocycles. The fourth-order valence-electron chi connectivity index (χ4n) is 1.40. The minimum atomic E-state index is 1.11. The average molecular weight is 190 g/mol. The molecule has 0 unspecified atom stereocenters. The normalized spacial score (nSPS) is 10.5. The molecular formula is C11H12NS+. The monoisotopic (exact) mass is 190 g/mol. The summed E-state index contributed by atoms with van der Waals surface area (Å²) in [5, 5.41) is 1.28. The summed E-state index contributed by atoms with van der Waals surface area (Å²) < 4.78 is 0. The van der Waals surface area contributed by atoms with Crippen LogP contribution in [-0.2, 0) is 0 Å². The standard InChI is InChI=1S/C11H11NS/c1-2-13-10-7-3-5-9-6-4-8-12-11(9)10/h3-8H,2H2,1H3/p+1. The second-order valence-electron chi connectivity index (χ2n) is 2.82. The highest BCUT2D eigenvalue weighted by Crippen LogP contribution is 2.23. The van der Waals surface area contributed by atoms with E-state index >= 15 is 0 Å². The predicted octanol–water partition coefficient (Wildman–Crippen LogP) is 2.77. The molecule has 0 saturated heterocycles. The van der Waals surface area contributed by atoms with Crippen LogP contribution in [0.4, 0.5) is 0 Å². The minimum absolute atomic E-state index is 1.11. The van der Waals surface area contributed by atoms with E-state index in [4.69, 9.17) is 0 Å². The number of nitrogens with one attached hydrogen (secondary N) is 1. The number of pyridine rings is 1. The molecule has 1 heterocycles. The number of aromatic nitrogens is 1. The van der Waals surface area contributed by atoms with Gasteiger partial charge in [-0.2, -0.15) is 0 Å². The van der Waals surface area contributed by atoms with Crippen molar-refractivity contribution in [3.8, 4) is 0 Å². The van der Waals surface area contributed by atoms with Gasteiger partial charge in [0.1, 0.15) is 0 Å². The molecule has 0 atom stereocenters. The number of H-pyrrole nitrogens is 1. The third-order valence-electron chi connectivity index (χ3n) is 1.96. The van der Waals surface area contributed by atoms with Crippen molar-refractivity contribution in [3.63, 3.8) is 0 Å². The number of para-hydroxylation sites is 1. The Kier molecular flexibility index (Phi) is 2.50. The molecule has 2 heteroatoms. The highest BCUT2D eigenvalue weighted by Gasteiger charge is 2.04. The predicted molar refractivity (Wildman–Crippen MR) is 56.9 cm³/mol. The molecule has 2 aromatic rings. The Labute approximate surface area is 82.2 Å². The lowest BCUT2D eigenvalue weighted by Crippen LogP contribution is -2.02. The molecule has 0 aliphatic carbocycles. The fraction of sp³-hybridized carbons (Fsp3) is 0.182. The zero-order chi connectivity index (χ0) is 9.10. The first-order valence-electron chi connectivity index (χ1n) is 4.44. The first-order chi connectivity index (χ1) is 6.42. The summed E-state index contributed by atoms with van der Waals surface area (Å²) in [6.07, 6.45) is 1.97. The SMILES string of the molecule is CCSc1cccc2ccc[nH+]c12. The summed E-state index contributed by atoms with van der Waals surface area (Å²) in [5.41, 5.74) is 1.25. The summed E-state index contributed by atoms with van der Waals surface area (Å²) in [5.74, 6) is 1.11. The molecule has 2 rings (SSSR count). The minimum Gasteiger partial charge on any atom is -0.210 e. The topological polar surface area (TPSA) is 14.1 Å². The van der Waals surface area contributed by atoms with Crippen LogP contribution >= 0.6 is 11.8 Å². The van der Waals surface area contributed by atoms with Crippen LogP contribution in [0.5, 0.6) is 0 Å². The third-order valence-corrected chi connectivity index (χ3v) is 2.90. The Balaban J connectivity index is 2.61. The Morgan fingerprint density at radius 1 is 1.23 bits per heavy atom. The van der Waals surface area contributed by atoms with Crippen LogP contribution in [0.25, 0.3) is 10.9 Å². The Morgan fingerprint density at radius 2 is 2.08 bits per heavy atom. The van der Waals surface area contributed by atoms with Crippen LogP contribution in [0, 0.1) is 0 Å². The molecule has 0 fully saturated rings. The molecule has 0 aliphatic heterocycles. The van der Waals surface area contributed by atoms with Gasteiger partial charge in [-0.05, 0) is 24.0 Å². The van der Waals surface area contributed by atoms with Crippen molar-refractivity contribution in [1.29, 1.82) is 0 Å². The van der Waals surface area contributed by atoms with Gasteiger partial charge in [-0.25, -0.2) is 4.98 Å². The lowest BCUT2D eigenvalue weighted by molar-refractivity contribution is -0.346. The first kappa shape index (κ1) is 8.57. The van der Waals surface area contributed by atoms with Gasteiger partial charge in [-0.1, -0.05) is 13.0 Å². The zero-order valence-corrected chi connectivity index (χ0v) is 8.40. The van der Waals surface area contributed by atoms with Crippen LogP contribution in [-0.4, -0.2) is 5.75 Å². The number of hydrogen-bond donors (Lipinski definition) is 0. The zero-order valence-electron chi connectivity index (χ0n) is 7.58. The van der Waals surface area contributed by atoms with Crippen LogP contribution in [0.2, 0.25) is 0 Å². The quantitative estimate of drug-likeness (QED) is 0.664. The summed E-state index contributed by atoms with van der Waals surface area (Å²) in [4.78, 5) is 4.62. The van der Waals surface area contributed by atoms with Gasteiger partial charge >= 0.3 is 0 Å². The van der Waals surface area contributed by atoms with Gasteiger partial charge < -0.3 is 0 Å². The lowest BCUT2D eigenvalue weighted by Gasteiger charge is -1.97. The Bertz CT molecular complexity index is 406. The van der Waals surface area contributed by atoms with Gasteiger partial charge in [-0.15, -0.1) is 11.8 Å². The highest BCUT2D eigenvalue weighted by molar-refractivity contribution is 7.99. The number of rotatable bonds is 2. The molecule has 0 amide bonds. The Hall–Kier alpha value is -1.02. The molecule has 0 radical (unpaired) electrons. The average Bonchev–Trinajstić information content (AvgIpc) is 2.19. The maximum atomic E-state index is 3.28. The number of benzene rings is 1. The van der Waals surface area contributed by atoms with Crippen molar-refractivity contribution in [2.24, 2.45) is 0 Å². The van der Waals surface area contributed by atoms with E-state index in [1.54, 1.807) is 0 Å². The van der Waals surface area contributed by atoms with Crippen LogP contribution in [0.1, 0.15) is 6.92 Å². The van der Waals surface area contributed by atoms with Crippen LogP contribution in [0.3, 0.4) is 0 Å². The molecule has 0 spiro atoms. The maximum Gasteiger partial charge on any atom is 0.224 e. The van der Waals surface area contributed by atoms with Gasteiger partial charge in [0, 0.05) is 11.5 Å². The molecule has 0 aliphatic rings. The number of aromatic amines is 1. The van der Waals surface area contributed by atoms with Crippen molar-refractivity contribution in [1.82, 2.24) is 0 Å². The van der Waals surface area contributed by atoms with E-state index in [-0.39, 0.29) is 0 Å². The second kappa shape index (κ2) is 3.79. The van der Waals surface area contributed by atoms with Crippen LogP contribution in [0.15, 0.2) is 41.4 Å². The molecule has 66 valence electrons. The van der Waals surface area contributed by atoms with Crippen molar-refractivity contribution in [3.05, 3.63) is 36.5 Å². The molecular weight excluding hydrogens is 178 g/mol. The van der Waals surface area contributed by atoms with Crippen molar-refractivity contribution >= 4 is 22.7 Å². The molecule has 1 nitrogen and oxygen atoms in total.